The van der Waals surface area contributed by atoms with Crippen LogP contribution in [0.3, 0.4) is 0 Å². The van der Waals surface area contributed by atoms with Crippen LogP contribution in [0.15, 0.2) is 33.9 Å². The third-order valence-corrected chi connectivity index (χ3v) is 5.88. The van der Waals surface area contributed by atoms with Crippen LogP contribution >= 0.6 is 11.8 Å². The van der Waals surface area contributed by atoms with E-state index in [-0.39, 0.29) is 11.9 Å². The number of aromatic nitrogens is 2. The number of hydrogen-bond acceptors (Lipinski definition) is 6. The van der Waals surface area contributed by atoms with E-state index in [0.717, 1.165) is 24.3 Å². The molecule has 1 saturated carbocycles. The third kappa shape index (κ3) is 4.86. The summed E-state index contributed by atoms with van der Waals surface area (Å²) in [6.07, 6.45) is 7.72. The molecule has 0 radical (unpaired) electrons. The van der Waals surface area contributed by atoms with Crippen LogP contribution in [0.2, 0.25) is 0 Å². The first kappa shape index (κ1) is 18.9. The van der Waals surface area contributed by atoms with E-state index < -0.39 is 0 Å². The van der Waals surface area contributed by atoms with Crippen LogP contribution in [-0.2, 0) is 5.75 Å². The number of pyridine rings is 1. The Bertz CT molecular complexity index is 728. The Morgan fingerprint density at radius 3 is 2.92 bits per heavy atom. The monoisotopic (exact) mass is 374 g/mol. The first-order valence-electron chi connectivity index (χ1n) is 9.18. The van der Waals surface area contributed by atoms with E-state index in [2.05, 4.69) is 15.5 Å². The summed E-state index contributed by atoms with van der Waals surface area (Å²) in [5.41, 5.74) is 7.38. The number of nitrogens with zero attached hydrogens (tertiary/aromatic N) is 2. The quantitative estimate of drug-likeness (QED) is 0.722. The van der Waals surface area contributed by atoms with Gasteiger partial charge in [-0.25, -0.2) is 4.98 Å². The highest BCUT2D eigenvalue weighted by Gasteiger charge is 2.25. The van der Waals surface area contributed by atoms with Crippen LogP contribution in [0.25, 0.3) is 0 Å². The highest BCUT2D eigenvalue weighted by Crippen LogP contribution is 2.27. The van der Waals surface area contributed by atoms with E-state index in [4.69, 9.17) is 10.3 Å². The Morgan fingerprint density at radius 2 is 2.23 bits per heavy atom. The highest BCUT2D eigenvalue weighted by molar-refractivity contribution is 7.98. The molecule has 0 saturated heterocycles. The van der Waals surface area contributed by atoms with Gasteiger partial charge in [0.2, 0.25) is 0 Å². The number of nitrogens with two attached hydrogens (primary N) is 1. The Hall–Kier alpha value is -1.86. The fourth-order valence-electron chi connectivity index (χ4n) is 3.46. The van der Waals surface area contributed by atoms with E-state index in [1.807, 2.05) is 19.1 Å². The summed E-state index contributed by atoms with van der Waals surface area (Å²) in [7, 11) is 0. The lowest BCUT2D eigenvalue weighted by Crippen LogP contribution is -2.46. The van der Waals surface area contributed by atoms with Crippen LogP contribution in [0.1, 0.15) is 53.9 Å². The SMILES string of the molecule is Cc1cc(CSc2ncccc2C(=O)NC(CN)C2CCCCC2)no1. The van der Waals surface area contributed by atoms with Gasteiger partial charge in [-0.2, -0.15) is 0 Å². The van der Waals surface area contributed by atoms with Gasteiger partial charge < -0.3 is 15.6 Å². The summed E-state index contributed by atoms with van der Waals surface area (Å²) < 4.78 is 5.09. The largest absolute Gasteiger partial charge is 0.361 e. The summed E-state index contributed by atoms with van der Waals surface area (Å²) in [5.74, 6) is 1.76. The zero-order valence-corrected chi connectivity index (χ0v) is 15.9. The van der Waals surface area contributed by atoms with Crippen LogP contribution in [0, 0.1) is 12.8 Å². The van der Waals surface area contributed by atoms with Crippen LogP contribution in [-0.4, -0.2) is 28.6 Å². The van der Waals surface area contributed by atoms with Gasteiger partial charge in [0.25, 0.3) is 5.91 Å². The zero-order valence-electron chi connectivity index (χ0n) is 15.1. The number of nitrogens with one attached hydrogen (secondary N) is 1. The van der Waals surface area contributed by atoms with Gasteiger partial charge in [-0.3, -0.25) is 4.79 Å². The van der Waals surface area contributed by atoms with Crippen molar-refractivity contribution in [3.8, 4) is 0 Å². The maximum absolute atomic E-state index is 12.8. The maximum Gasteiger partial charge on any atom is 0.254 e. The molecule has 1 fully saturated rings. The van der Waals surface area contributed by atoms with Gasteiger partial charge in [-0.15, -0.1) is 0 Å². The Morgan fingerprint density at radius 1 is 1.42 bits per heavy atom. The van der Waals surface area contributed by atoms with Crippen molar-refractivity contribution in [2.45, 2.75) is 55.8 Å². The number of hydrogen-bond donors (Lipinski definition) is 2. The topological polar surface area (TPSA) is 94.0 Å². The molecule has 0 spiro atoms. The van der Waals surface area contributed by atoms with Crippen LogP contribution < -0.4 is 11.1 Å². The predicted molar refractivity (Wildman–Crippen MR) is 102 cm³/mol. The molecule has 26 heavy (non-hydrogen) atoms. The molecule has 1 unspecified atom stereocenters. The lowest BCUT2D eigenvalue weighted by atomic mass is 9.84. The fraction of sp³-hybridized carbons (Fsp3) is 0.526. The molecule has 3 rings (SSSR count). The van der Waals surface area contributed by atoms with Crippen molar-refractivity contribution in [2.24, 2.45) is 11.7 Å². The highest BCUT2D eigenvalue weighted by atomic mass is 32.2. The minimum Gasteiger partial charge on any atom is -0.361 e. The van der Waals surface area contributed by atoms with Crippen molar-refractivity contribution in [3.05, 3.63) is 41.4 Å². The summed E-state index contributed by atoms with van der Waals surface area (Å²) in [6.45, 7) is 2.33. The first-order chi connectivity index (χ1) is 12.7. The Labute approximate surface area is 158 Å². The normalized spacial score (nSPS) is 16.4. The van der Waals surface area contributed by atoms with Gasteiger partial charge in [-0.1, -0.05) is 36.2 Å². The second-order valence-electron chi connectivity index (χ2n) is 6.79. The molecule has 1 aliphatic carbocycles. The molecule has 1 amide bonds. The number of amides is 1. The number of aryl methyl sites for hydroxylation is 1. The molecule has 140 valence electrons. The van der Waals surface area contributed by atoms with Crippen molar-refractivity contribution in [2.75, 3.05) is 6.54 Å². The van der Waals surface area contributed by atoms with E-state index in [0.29, 0.717) is 28.8 Å². The molecule has 2 heterocycles. The minimum absolute atomic E-state index is 0.0269. The van der Waals surface area contributed by atoms with Gasteiger partial charge in [0.15, 0.2) is 0 Å². The number of carbonyl (C=O) groups is 1. The maximum atomic E-state index is 12.8. The molecular weight excluding hydrogens is 348 g/mol. The molecule has 0 bridgehead atoms. The molecule has 2 aromatic rings. The Balaban J connectivity index is 1.66. The predicted octanol–water partition coefficient (Wildman–Crippen LogP) is 3.31. The summed E-state index contributed by atoms with van der Waals surface area (Å²) in [6, 6.07) is 5.52. The standard InChI is InChI=1S/C19H26N4O2S/c1-13-10-15(23-25-13)12-26-19-16(8-5-9-21-19)18(24)22-17(11-20)14-6-3-2-4-7-14/h5,8-10,14,17H,2-4,6-7,11-12,20H2,1H3,(H,22,24). The second kappa shape index (κ2) is 9.19. The van der Waals surface area contributed by atoms with E-state index in [9.17, 15) is 4.79 Å². The van der Waals surface area contributed by atoms with Crippen molar-refractivity contribution in [3.63, 3.8) is 0 Å². The van der Waals surface area contributed by atoms with E-state index >= 15 is 0 Å². The smallest absolute Gasteiger partial charge is 0.254 e. The van der Waals surface area contributed by atoms with Crippen molar-refractivity contribution < 1.29 is 9.32 Å². The molecule has 2 aromatic heterocycles. The summed E-state index contributed by atoms with van der Waals surface area (Å²) in [4.78, 5) is 17.2. The summed E-state index contributed by atoms with van der Waals surface area (Å²) >= 11 is 1.49. The molecule has 3 N–H and O–H groups in total. The van der Waals surface area contributed by atoms with E-state index in [1.54, 1.807) is 12.3 Å². The van der Waals surface area contributed by atoms with Gasteiger partial charge in [0.05, 0.1) is 11.3 Å². The van der Waals surface area contributed by atoms with E-state index in [1.165, 1.54) is 31.0 Å². The lowest BCUT2D eigenvalue weighted by molar-refractivity contribution is 0.0912. The first-order valence-corrected chi connectivity index (χ1v) is 10.2. The fourth-order valence-corrected chi connectivity index (χ4v) is 4.33. The second-order valence-corrected chi connectivity index (χ2v) is 7.75. The average Bonchev–Trinajstić information content (AvgIpc) is 3.10. The van der Waals surface area contributed by atoms with Gasteiger partial charge in [-0.05, 0) is 37.8 Å². The average molecular weight is 375 g/mol. The zero-order chi connectivity index (χ0) is 18.4. The molecule has 0 aromatic carbocycles. The third-order valence-electron chi connectivity index (χ3n) is 4.84. The van der Waals surface area contributed by atoms with Crippen LogP contribution in [0.4, 0.5) is 0 Å². The molecule has 1 aliphatic rings. The van der Waals surface area contributed by atoms with Gasteiger partial charge in [0, 0.05) is 30.6 Å². The van der Waals surface area contributed by atoms with Crippen LogP contribution in [0.5, 0.6) is 0 Å². The molecule has 0 aliphatic heterocycles. The number of carbonyl (C=O) groups excluding carboxylic acids is 1. The van der Waals surface area contributed by atoms with Gasteiger partial charge >= 0.3 is 0 Å². The molecule has 7 heteroatoms. The molecule has 6 nitrogen and oxygen atoms in total. The summed E-state index contributed by atoms with van der Waals surface area (Å²) in [5, 5.41) is 7.83. The van der Waals surface area contributed by atoms with Crippen molar-refractivity contribution in [1.29, 1.82) is 0 Å². The minimum atomic E-state index is -0.0991. The number of thioether (sulfide) groups is 1. The van der Waals surface area contributed by atoms with Gasteiger partial charge in [0.1, 0.15) is 10.8 Å². The molecule has 1 atom stereocenters. The molecular formula is C19H26N4O2S. The van der Waals surface area contributed by atoms with Crippen molar-refractivity contribution in [1.82, 2.24) is 15.5 Å². The lowest BCUT2D eigenvalue weighted by Gasteiger charge is -2.30. The van der Waals surface area contributed by atoms with Crippen molar-refractivity contribution >= 4 is 17.7 Å². The number of rotatable bonds is 7. The Kier molecular flexibility index (Phi) is 6.68.